The summed E-state index contributed by atoms with van der Waals surface area (Å²) in [4.78, 5) is 32.8. The van der Waals surface area contributed by atoms with Crippen molar-refractivity contribution in [2.75, 3.05) is 30.9 Å². The molecule has 11 heteroatoms. The summed E-state index contributed by atoms with van der Waals surface area (Å²) in [7, 11) is -4.16. The van der Waals surface area contributed by atoms with E-state index in [2.05, 4.69) is 9.71 Å². The average Bonchev–Trinajstić information content (AvgIpc) is 2.94. The lowest BCUT2D eigenvalue weighted by atomic mass is 10.1. The van der Waals surface area contributed by atoms with E-state index in [1.807, 2.05) is 0 Å². The third-order valence-electron chi connectivity index (χ3n) is 6.53. The van der Waals surface area contributed by atoms with Crippen LogP contribution in [-0.2, 0) is 21.2 Å². The number of rotatable bonds is 6. The molecule has 0 spiro atoms. The minimum absolute atomic E-state index is 0.0633. The van der Waals surface area contributed by atoms with Crippen LogP contribution in [0.3, 0.4) is 0 Å². The van der Waals surface area contributed by atoms with Gasteiger partial charge in [-0.1, -0.05) is 30.3 Å². The molecule has 0 radical (unpaired) electrons. The van der Waals surface area contributed by atoms with Crippen LogP contribution in [0.5, 0.6) is 0 Å². The van der Waals surface area contributed by atoms with Crippen LogP contribution < -0.4 is 4.72 Å². The van der Waals surface area contributed by atoms with Gasteiger partial charge < -0.3 is 9.80 Å². The van der Waals surface area contributed by atoms with Crippen molar-refractivity contribution in [1.29, 1.82) is 0 Å². The summed E-state index contributed by atoms with van der Waals surface area (Å²) in [5, 5.41) is 0.624. The minimum atomic E-state index is -4.16. The molecule has 1 aromatic heterocycles. The average molecular weight is 551 g/mol. The van der Waals surface area contributed by atoms with Crippen molar-refractivity contribution in [3.63, 3.8) is 0 Å². The largest absolute Gasteiger partial charge is 0.339 e. The second kappa shape index (κ2) is 10.8. The molecule has 200 valence electrons. The molecule has 3 aromatic carbocycles. The number of nitrogens with one attached hydrogen (secondary N) is 1. The summed E-state index contributed by atoms with van der Waals surface area (Å²) in [6, 6.07) is 17.4. The Bertz CT molecular complexity index is 1650. The number of carbonyl (C=O) groups is 2. The highest BCUT2D eigenvalue weighted by atomic mass is 32.2. The van der Waals surface area contributed by atoms with Gasteiger partial charge in [0.05, 0.1) is 17.6 Å². The van der Waals surface area contributed by atoms with E-state index in [9.17, 15) is 26.8 Å². The number of pyridine rings is 1. The minimum Gasteiger partial charge on any atom is -0.339 e. The number of nitrogens with zero attached hydrogens (tertiary/aromatic N) is 3. The first-order valence-electron chi connectivity index (χ1n) is 12.2. The highest BCUT2D eigenvalue weighted by Gasteiger charge is 2.26. The first-order chi connectivity index (χ1) is 18.7. The maximum Gasteiger partial charge on any atom is 0.264 e. The Kier molecular flexibility index (Phi) is 7.25. The number of carbonyl (C=O) groups excluding carboxylic acids is 2. The summed E-state index contributed by atoms with van der Waals surface area (Å²) in [6.07, 6.45) is 1.61. The number of benzene rings is 3. The Labute approximate surface area is 223 Å². The fourth-order valence-electron chi connectivity index (χ4n) is 4.45. The van der Waals surface area contributed by atoms with E-state index in [4.69, 9.17) is 0 Å². The summed E-state index contributed by atoms with van der Waals surface area (Å²) >= 11 is 0. The molecule has 2 amide bonds. The summed E-state index contributed by atoms with van der Waals surface area (Å²) < 4.78 is 56.3. The molecule has 0 saturated carbocycles. The third-order valence-corrected chi connectivity index (χ3v) is 7.93. The third kappa shape index (κ3) is 5.73. The van der Waals surface area contributed by atoms with Gasteiger partial charge in [-0.15, -0.1) is 0 Å². The maximum absolute atomic E-state index is 14.9. The number of hydrogen-bond donors (Lipinski definition) is 1. The molecule has 4 aromatic rings. The molecule has 0 aliphatic carbocycles. The predicted octanol–water partition coefficient (Wildman–Crippen LogP) is 3.84. The van der Waals surface area contributed by atoms with Gasteiger partial charge in [-0.05, 0) is 48.0 Å². The van der Waals surface area contributed by atoms with Crippen molar-refractivity contribution in [1.82, 2.24) is 14.8 Å². The van der Waals surface area contributed by atoms with Gasteiger partial charge in [0.15, 0.2) is 0 Å². The first-order valence-corrected chi connectivity index (χ1v) is 13.7. The summed E-state index contributed by atoms with van der Waals surface area (Å²) in [5.41, 5.74) is 0.724. The number of aromatic nitrogens is 1. The molecule has 0 unspecified atom stereocenters. The normalized spacial score (nSPS) is 13.9. The molecule has 0 atom stereocenters. The molecule has 5 rings (SSSR count). The molecular weight excluding hydrogens is 526 g/mol. The number of hydrogen-bond acceptors (Lipinski definition) is 5. The van der Waals surface area contributed by atoms with E-state index < -0.39 is 21.7 Å². The number of anilines is 1. The summed E-state index contributed by atoms with van der Waals surface area (Å²) in [6.45, 7) is 1.15. The SMILES string of the molecule is O=C(Cc1ccc(F)cc1)N1CCN(C(=O)c2ccc(NS(=O)(=O)c3cccc4cccnc34)c(F)c2)CC1. The summed E-state index contributed by atoms with van der Waals surface area (Å²) in [5.74, 6) is -1.82. The van der Waals surface area contributed by atoms with E-state index in [1.54, 1.807) is 41.3 Å². The van der Waals surface area contributed by atoms with E-state index >= 15 is 0 Å². The van der Waals surface area contributed by atoms with Crippen LogP contribution in [0.25, 0.3) is 10.9 Å². The van der Waals surface area contributed by atoms with E-state index in [0.29, 0.717) is 24.0 Å². The smallest absolute Gasteiger partial charge is 0.264 e. The molecule has 39 heavy (non-hydrogen) atoms. The monoisotopic (exact) mass is 550 g/mol. The Balaban J connectivity index is 1.23. The van der Waals surface area contributed by atoms with Crippen LogP contribution in [0, 0.1) is 11.6 Å². The highest BCUT2D eigenvalue weighted by Crippen LogP contribution is 2.25. The fourth-order valence-corrected chi connectivity index (χ4v) is 5.70. The van der Waals surface area contributed by atoms with Crippen molar-refractivity contribution in [3.05, 3.63) is 102 Å². The molecule has 1 aliphatic rings. The second-order valence-corrected chi connectivity index (χ2v) is 10.8. The van der Waals surface area contributed by atoms with Crippen molar-refractivity contribution in [2.24, 2.45) is 0 Å². The van der Waals surface area contributed by atoms with Crippen molar-refractivity contribution >= 4 is 38.4 Å². The van der Waals surface area contributed by atoms with Crippen LogP contribution in [0.4, 0.5) is 14.5 Å². The van der Waals surface area contributed by atoms with E-state index in [-0.39, 0.29) is 52.9 Å². The number of sulfonamides is 1. The molecule has 1 N–H and O–H groups in total. The number of fused-ring (bicyclic) bond motifs is 1. The van der Waals surface area contributed by atoms with Crippen LogP contribution >= 0.6 is 0 Å². The first kappa shape index (κ1) is 26.2. The molecule has 1 fully saturated rings. The van der Waals surface area contributed by atoms with E-state index in [0.717, 1.165) is 6.07 Å². The Hall–Kier alpha value is -4.38. The lowest BCUT2D eigenvalue weighted by Crippen LogP contribution is -2.51. The van der Waals surface area contributed by atoms with Gasteiger partial charge in [0.2, 0.25) is 5.91 Å². The maximum atomic E-state index is 14.9. The van der Waals surface area contributed by atoms with Crippen LogP contribution in [-0.4, -0.2) is 61.2 Å². The zero-order valence-corrected chi connectivity index (χ0v) is 21.5. The van der Waals surface area contributed by atoms with Gasteiger partial charge in [-0.2, -0.15) is 0 Å². The topological polar surface area (TPSA) is 99.7 Å². The van der Waals surface area contributed by atoms with Crippen molar-refractivity contribution in [2.45, 2.75) is 11.3 Å². The quantitative estimate of drug-likeness (QED) is 0.393. The Morgan fingerprint density at radius 1 is 0.872 bits per heavy atom. The number of piperazine rings is 1. The van der Waals surface area contributed by atoms with Gasteiger partial charge >= 0.3 is 0 Å². The standard InChI is InChI=1S/C28H24F2N4O4S/c29-22-9-6-19(7-10-22)17-26(35)33-13-15-34(16-14-33)28(36)21-8-11-24(23(30)18-21)32-39(37,38)25-5-1-3-20-4-2-12-31-27(20)25/h1-12,18,32H,13-17H2. The second-order valence-electron chi connectivity index (χ2n) is 9.11. The van der Waals surface area contributed by atoms with Crippen LogP contribution in [0.1, 0.15) is 15.9 Å². The molecule has 1 saturated heterocycles. The van der Waals surface area contributed by atoms with E-state index in [1.165, 1.54) is 41.4 Å². The predicted molar refractivity (Wildman–Crippen MR) is 142 cm³/mol. The van der Waals surface area contributed by atoms with Gasteiger partial charge in [0, 0.05) is 43.3 Å². The molecule has 8 nitrogen and oxygen atoms in total. The van der Waals surface area contributed by atoms with Gasteiger partial charge in [0.1, 0.15) is 16.5 Å². The zero-order chi connectivity index (χ0) is 27.6. The lowest BCUT2D eigenvalue weighted by molar-refractivity contribution is -0.131. The van der Waals surface area contributed by atoms with Crippen molar-refractivity contribution < 1.29 is 26.8 Å². The van der Waals surface area contributed by atoms with Gasteiger partial charge in [-0.3, -0.25) is 19.3 Å². The number of para-hydroxylation sites is 1. The van der Waals surface area contributed by atoms with Crippen molar-refractivity contribution in [3.8, 4) is 0 Å². The van der Waals surface area contributed by atoms with Crippen LogP contribution in [0.15, 0.2) is 83.9 Å². The molecule has 0 bridgehead atoms. The molecule has 1 aliphatic heterocycles. The Morgan fingerprint density at radius 3 is 2.28 bits per heavy atom. The molecular formula is C28H24F2N4O4S. The van der Waals surface area contributed by atoms with Gasteiger partial charge in [0.25, 0.3) is 15.9 Å². The lowest BCUT2D eigenvalue weighted by Gasteiger charge is -2.35. The molecule has 2 heterocycles. The highest BCUT2D eigenvalue weighted by molar-refractivity contribution is 7.93. The Morgan fingerprint density at radius 2 is 1.56 bits per heavy atom. The zero-order valence-electron chi connectivity index (χ0n) is 20.7. The number of amides is 2. The van der Waals surface area contributed by atoms with Gasteiger partial charge in [-0.25, -0.2) is 17.2 Å². The fraction of sp³-hybridized carbons (Fsp3) is 0.179. The van der Waals surface area contributed by atoms with Crippen LogP contribution in [0.2, 0.25) is 0 Å². The number of halogens is 2.